The van der Waals surface area contributed by atoms with Crippen LogP contribution in [0.5, 0.6) is 11.5 Å². The average molecular weight is 727 g/mol. The molecule has 0 fully saturated rings. The van der Waals surface area contributed by atoms with Gasteiger partial charge in [-0.3, -0.25) is 9.59 Å². The van der Waals surface area contributed by atoms with Crippen molar-refractivity contribution in [2.45, 2.75) is 37.8 Å². The molecule has 11 nitrogen and oxygen atoms in total. The highest BCUT2D eigenvalue weighted by molar-refractivity contribution is 5.79. The van der Waals surface area contributed by atoms with Gasteiger partial charge >= 0.3 is 0 Å². The van der Waals surface area contributed by atoms with E-state index in [0.29, 0.717) is 77.2 Å². The molecule has 0 aliphatic heterocycles. The van der Waals surface area contributed by atoms with Crippen LogP contribution < -0.4 is 31.6 Å². The molecule has 0 saturated heterocycles. The number of benzene rings is 4. The third-order valence-corrected chi connectivity index (χ3v) is 8.72. The Labute approximate surface area is 313 Å². The number of rotatable bonds is 24. The highest BCUT2D eigenvalue weighted by Crippen LogP contribution is 2.29. The lowest BCUT2D eigenvalue weighted by Gasteiger charge is -2.32. The summed E-state index contributed by atoms with van der Waals surface area (Å²) in [5.74, 6) is 1.01. The minimum atomic E-state index is -0.619. The van der Waals surface area contributed by atoms with Crippen molar-refractivity contribution in [2.24, 2.45) is 11.5 Å². The van der Waals surface area contributed by atoms with E-state index in [4.69, 9.17) is 35.2 Å². The molecule has 11 heteroatoms. The predicted molar refractivity (Wildman–Crippen MR) is 206 cm³/mol. The number of carbonyl (C=O) groups excluding carboxylic acids is 2. The molecule has 0 bridgehead atoms. The molecule has 4 aromatic rings. The van der Waals surface area contributed by atoms with Crippen molar-refractivity contribution < 1.29 is 33.3 Å². The number of nitrogens with two attached hydrogens (primary N) is 2. The molecule has 0 heterocycles. The monoisotopic (exact) mass is 726 g/mol. The topological polar surface area (TPSA) is 156 Å². The maximum atomic E-state index is 12.2. The Kier molecular flexibility index (Phi) is 16.8. The van der Waals surface area contributed by atoms with Crippen LogP contribution in [0.15, 0.2) is 109 Å². The molecule has 6 N–H and O–H groups in total. The van der Waals surface area contributed by atoms with Gasteiger partial charge in [-0.2, -0.15) is 0 Å². The van der Waals surface area contributed by atoms with Crippen molar-refractivity contribution in [1.82, 2.24) is 10.6 Å². The second-order valence-corrected chi connectivity index (χ2v) is 13.1. The van der Waals surface area contributed by atoms with Crippen molar-refractivity contribution >= 4 is 11.8 Å². The number of ether oxygens (including phenoxy) is 5. The minimum Gasteiger partial charge on any atom is -0.491 e. The van der Waals surface area contributed by atoms with Gasteiger partial charge in [0, 0.05) is 0 Å². The van der Waals surface area contributed by atoms with E-state index in [1.54, 1.807) is 0 Å². The van der Waals surface area contributed by atoms with E-state index < -0.39 is 11.1 Å². The lowest BCUT2D eigenvalue weighted by atomic mass is 9.85. The molecule has 2 amide bonds. The van der Waals surface area contributed by atoms with Crippen LogP contribution in [0.2, 0.25) is 0 Å². The number of carbonyl (C=O) groups is 2. The van der Waals surface area contributed by atoms with Gasteiger partial charge in [0.05, 0.1) is 63.8 Å². The van der Waals surface area contributed by atoms with Crippen LogP contribution in [0, 0.1) is 0 Å². The largest absolute Gasteiger partial charge is 0.491 e. The fraction of sp³-hybridized carbons (Fsp3) is 0.381. The summed E-state index contributed by atoms with van der Waals surface area (Å²) in [6.45, 7) is 7.28. The van der Waals surface area contributed by atoms with Gasteiger partial charge in [-0.05, 0) is 73.2 Å². The summed E-state index contributed by atoms with van der Waals surface area (Å²) in [7, 11) is 0. The van der Waals surface area contributed by atoms with Gasteiger partial charge in [-0.15, -0.1) is 0 Å². The first-order chi connectivity index (χ1) is 25.7. The Morgan fingerprint density at radius 1 is 0.491 bits per heavy atom. The molecule has 2 unspecified atom stereocenters. The lowest BCUT2D eigenvalue weighted by molar-refractivity contribution is -0.122. The van der Waals surface area contributed by atoms with Crippen molar-refractivity contribution in [2.75, 3.05) is 65.9 Å². The maximum absolute atomic E-state index is 12.2. The van der Waals surface area contributed by atoms with E-state index >= 15 is 0 Å². The molecule has 0 aliphatic carbocycles. The summed E-state index contributed by atoms with van der Waals surface area (Å²) in [6.07, 6.45) is 1.26. The fourth-order valence-electron chi connectivity index (χ4n) is 5.98. The molecule has 4 rings (SSSR count). The molecule has 284 valence electrons. The SMILES string of the molecule is CC(Cc1ccccc1)(NC(=O)CN)c1ccc(OCCOCCOCCOCCOc2ccc(C(C)(Cc3ccccc3)NC(=O)CN)cc2)cc1. The predicted octanol–water partition coefficient (Wildman–Crippen LogP) is 4.26. The minimum absolute atomic E-state index is 0.0742. The summed E-state index contributed by atoms with van der Waals surface area (Å²) in [6, 6.07) is 35.5. The molecule has 0 spiro atoms. The van der Waals surface area contributed by atoms with Gasteiger partial charge in [0.2, 0.25) is 11.8 Å². The molecule has 0 aromatic heterocycles. The fourth-order valence-corrected chi connectivity index (χ4v) is 5.98. The van der Waals surface area contributed by atoms with Crippen LogP contribution in [-0.4, -0.2) is 77.8 Å². The van der Waals surface area contributed by atoms with E-state index in [1.807, 2.05) is 123 Å². The van der Waals surface area contributed by atoms with Crippen LogP contribution in [-0.2, 0) is 47.7 Å². The number of amides is 2. The zero-order valence-corrected chi connectivity index (χ0v) is 30.9. The average Bonchev–Trinajstić information content (AvgIpc) is 3.17. The van der Waals surface area contributed by atoms with Gasteiger partial charge in [0.15, 0.2) is 0 Å². The molecule has 4 aromatic carbocycles. The first-order valence-electron chi connectivity index (χ1n) is 18.0. The van der Waals surface area contributed by atoms with Crippen LogP contribution in [0.4, 0.5) is 0 Å². The van der Waals surface area contributed by atoms with Crippen LogP contribution >= 0.6 is 0 Å². The zero-order valence-electron chi connectivity index (χ0n) is 30.9. The van der Waals surface area contributed by atoms with Gasteiger partial charge in [0.25, 0.3) is 0 Å². The standard InChI is InChI=1S/C42H54N4O7/c1-41(45-39(47)31-43,29-33-9-5-3-6-10-33)35-13-17-37(18-14-35)52-27-25-50-23-21-49-22-24-51-26-28-53-38-19-15-36(16-20-38)42(2,46-40(48)32-44)30-34-11-7-4-8-12-34/h3-20H,21-32,43-44H2,1-2H3,(H,45,47)(H,46,48). The Balaban J connectivity index is 1.05. The first-order valence-corrected chi connectivity index (χ1v) is 18.0. The highest BCUT2D eigenvalue weighted by Gasteiger charge is 2.30. The van der Waals surface area contributed by atoms with Crippen LogP contribution in [0.1, 0.15) is 36.1 Å². The second-order valence-electron chi connectivity index (χ2n) is 13.1. The van der Waals surface area contributed by atoms with E-state index in [0.717, 1.165) is 22.3 Å². The van der Waals surface area contributed by atoms with Crippen molar-refractivity contribution in [3.05, 3.63) is 131 Å². The smallest absolute Gasteiger partial charge is 0.234 e. The maximum Gasteiger partial charge on any atom is 0.234 e. The van der Waals surface area contributed by atoms with Gasteiger partial charge in [-0.25, -0.2) is 0 Å². The molecular formula is C42H54N4O7. The zero-order chi connectivity index (χ0) is 37.8. The number of hydrogen-bond donors (Lipinski definition) is 4. The molecule has 53 heavy (non-hydrogen) atoms. The number of nitrogens with one attached hydrogen (secondary N) is 2. The van der Waals surface area contributed by atoms with Gasteiger partial charge < -0.3 is 45.8 Å². The third-order valence-electron chi connectivity index (χ3n) is 8.72. The molecule has 0 saturated carbocycles. The highest BCUT2D eigenvalue weighted by atomic mass is 16.6. The Hall–Kier alpha value is -4.78. The summed E-state index contributed by atoms with van der Waals surface area (Å²) >= 11 is 0. The molecule has 0 radical (unpaired) electrons. The summed E-state index contributed by atoms with van der Waals surface area (Å²) in [5, 5.41) is 6.16. The molecular weight excluding hydrogens is 672 g/mol. The van der Waals surface area contributed by atoms with E-state index in [1.165, 1.54) is 0 Å². The van der Waals surface area contributed by atoms with E-state index in [-0.39, 0.29) is 24.9 Å². The van der Waals surface area contributed by atoms with E-state index in [2.05, 4.69) is 10.6 Å². The summed E-state index contributed by atoms with van der Waals surface area (Å²) in [5.41, 5.74) is 14.1. The second kappa shape index (κ2) is 21.7. The number of hydrogen-bond acceptors (Lipinski definition) is 9. The Morgan fingerprint density at radius 3 is 1.13 bits per heavy atom. The van der Waals surface area contributed by atoms with Crippen molar-refractivity contribution in [1.29, 1.82) is 0 Å². The molecule has 2 atom stereocenters. The Morgan fingerprint density at radius 2 is 0.811 bits per heavy atom. The quantitative estimate of drug-likeness (QED) is 0.0776. The summed E-state index contributed by atoms with van der Waals surface area (Å²) in [4.78, 5) is 24.5. The van der Waals surface area contributed by atoms with Gasteiger partial charge in [-0.1, -0.05) is 84.9 Å². The van der Waals surface area contributed by atoms with Crippen LogP contribution in [0.3, 0.4) is 0 Å². The lowest BCUT2D eigenvalue weighted by Crippen LogP contribution is -2.47. The van der Waals surface area contributed by atoms with Crippen LogP contribution in [0.25, 0.3) is 0 Å². The third kappa shape index (κ3) is 13.9. The summed E-state index contributed by atoms with van der Waals surface area (Å²) < 4.78 is 28.6. The normalized spacial score (nSPS) is 13.4. The van der Waals surface area contributed by atoms with Crippen molar-refractivity contribution in [3.63, 3.8) is 0 Å². The van der Waals surface area contributed by atoms with Crippen molar-refractivity contribution in [3.8, 4) is 11.5 Å². The molecule has 0 aliphatic rings. The Bertz CT molecular complexity index is 1520. The van der Waals surface area contributed by atoms with E-state index in [9.17, 15) is 9.59 Å². The first kappa shape index (κ1) is 41.0. The van der Waals surface area contributed by atoms with Gasteiger partial charge in [0.1, 0.15) is 24.7 Å².